The summed E-state index contributed by atoms with van der Waals surface area (Å²) in [5.41, 5.74) is 0. The second kappa shape index (κ2) is 4.82. The Bertz CT molecular complexity index is 39.8. The minimum atomic E-state index is -0.522. The molecule has 3 heteroatoms. The smallest absolute Gasteiger partial charge is 0.172 e. The van der Waals surface area contributed by atoms with Crippen molar-refractivity contribution in [1.82, 2.24) is 0 Å². The topological polar surface area (TPSA) is 9.23 Å². The van der Waals surface area contributed by atoms with E-state index in [4.69, 9.17) is 0 Å². The van der Waals surface area contributed by atoms with Gasteiger partial charge in [-0.25, -0.2) is 4.39 Å². The first-order chi connectivity index (χ1) is 2.91. The van der Waals surface area contributed by atoms with Crippen molar-refractivity contribution < 1.29 is 8.57 Å². The van der Waals surface area contributed by atoms with Crippen LogP contribution >= 0.6 is 12.0 Å². The predicted molar refractivity (Wildman–Crippen MR) is 24.8 cm³/mol. The SMILES string of the molecule is C=COSCF. The van der Waals surface area contributed by atoms with Crippen molar-refractivity contribution in [2.45, 2.75) is 0 Å². The van der Waals surface area contributed by atoms with Gasteiger partial charge in [0.25, 0.3) is 0 Å². The lowest BCUT2D eigenvalue weighted by Crippen LogP contribution is -1.61. The zero-order valence-electron chi connectivity index (χ0n) is 3.19. The van der Waals surface area contributed by atoms with Gasteiger partial charge >= 0.3 is 0 Å². The van der Waals surface area contributed by atoms with Gasteiger partial charge in [-0.15, -0.1) is 0 Å². The van der Waals surface area contributed by atoms with Gasteiger partial charge in [-0.1, -0.05) is 6.58 Å². The van der Waals surface area contributed by atoms with Crippen LogP contribution in [0, 0.1) is 0 Å². The number of alkyl halides is 1. The molecule has 0 heterocycles. The molecule has 0 aromatic carbocycles. The molecule has 6 heavy (non-hydrogen) atoms. The maximum Gasteiger partial charge on any atom is 0.172 e. The molecule has 0 aliphatic heterocycles. The summed E-state index contributed by atoms with van der Waals surface area (Å²) in [5.74, 6) is 0. The quantitative estimate of drug-likeness (QED) is 0.309. The third-order valence-electron chi connectivity index (χ3n) is 0.181. The van der Waals surface area contributed by atoms with Gasteiger partial charge in [0.1, 0.15) is 0 Å². The van der Waals surface area contributed by atoms with Crippen molar-refractivity contribution in [3.05, 3.63) is 12.8 Å². The van der Waals surface area contributed by atoms with Crippen LogP contribution in [-0.4, -0.2) is 6.01 Å². The van der Waals surface area contributed by atoms with Crippen molar-refractivity contribution in [2.24, 2.45) is 0 Å². The van der Waals surface area contributed by atoms with Crippen LogP contribution in [0.3, 0.4) is 0 Å². The van der Waals surface area contributed by atoms with E-state index >= 15 is 0 Å². The lowest BCUT2D eigenvalue weighted by Gasteiger charge is -1.85. The van der Waals surface area contributed by atoms with E-state index in [1.54, 1.807) is 0 Å². The summed E-state index contributed by atoms with van der Waals surface area (Å²) in [6, 6.07) is -0.522. The first-order valence-corrected chi connectivity index (χ1v) is 2.28. The Morgan fingerprint density at radius 1 is 2.00 bits per heavy atom. The van der Waals surface area contributed by atoms with E-state index in [-0.39, 0.29) is 0 Å². The van der Waals surface area contributed by atoms with Crippen LogP contribution in [0.15, 0.2) is 12.8 Å². The largest absolute Gasteiger partial charge is 0.431 e. The molecule has 0 saturated carbocycles. The molecule has 0 aliphatic rings. The molecule has 0 radical (unpaired) electrons. The fourth-order valence-corrected chi connectivity index (χ4v) is 0.221. The van der Waals surface area contributed by atoms with E-state index in [0.29, 0.717) is 0 Å². The van der Waals surface area contributed by atoms with Crippen LogP contribution in [0.4, 0.5) is 4.39 Å². The third-order valence-corrected chi connectivity index (χ3v) is 0.542. The Morgan fingerprint density at radius 3 is 2.83 bits per heavy atom. The molecule has 1 nitrogen and oxygen atoms in total. The highest BCUT2D eigenvalue weighted by atomic mass is 32.2. The van der Waals surface area contributed by atoms with Crippen LogP contribution in [0.5, 0.6) is 0 Å². The number of hydrogen-bond donors (Lipinski definition) is 0. The summed E-state index contributed by atoms with van der Waals surface area (Å²) in [6.45, 7) is 3.19. The van der Waals surface area contributed by atoms with Gasteiger partial charge in [-0.2, -0.15) is 0 Å². The van der Waals surface area contributed by atoms with Crippen LogP contribution in [0.1, 0.15) is 0 Å². The predicted octanol–water partition coefficient (Wildman–Crippen LogP) is 1.72. The van der Waals surface area contributed by atoms with Crippen molar-refractivity contribution >= 4 is 12.0 Å². The fraction of sp³-hybridized carbons (Fsp3) is 0.333. The molecule has 0 bridgehead atoms. The summed E-state index contributed by atoms with van der Waals surface area (Å²) in [4.78, 5) is 0. The summed E-state index contributed by atoms with van der Waals surface area (Å²) in [5, 5.41) is 0. The normalized spacial score (nSPS) is 7.50. The Kier molecular flexibility index (Phi) is 4.68. The molecule has 0 rings (SSSR count). The number of hydrogen-bond acceptors (Lipinski definition) is 2. The van der Waals surface area contributed by atoms with E-state index in [9.17, 15) is 4.39 Å². The highest BCUT2D eigenvalue weighted by molar-refractivity contribution is 7.94. The summed E-state index contributed by atoms with van der Waals surface area (Å²) >= 11 is 0.723. The molecule has 0 spiro atoms. The zero-order valence-corrected chi connectivity index (χ0v) is 4.00. The van der Waals surface area contributed by atoms with Crippen molar-refractivity contribution in [1.29, 1.82) is 0 Å². The maximum atomic E-state index is 11.0. The first kappa shape index (κ1) is 5.82. The second-order valence-corrected chi connectivity index (χ2v) is 1.14. The molecular formula is C3H5FOS. The molecule has 0 amide bonds. The Labute approximate surface area is 40.4 Å². The van der Waals surface area contributed by atoms with E-state index in [1.165, 1.54) is 6.26 Å². The van der Waals surface area contributed by atoms with Crippen molar-refractivity contribution in [3.8, 4) is 0 Å². The summed E-state index contributed by atoms with van der Waals surface area (Å²) < 4.78 is 15.3. The van der Waals surface area contributed by atoms with Gasteiger partial charge in [0.05, 0.1) is 18.3 Å². The van der Waals surface area contributed by atoms with Gasteiger partial charge < -0.3 is 4.18 Å². The average molecular weight is 108 g/mol. The lowest BCUT2D eigenvalue weighted by molar-refractivity contribution is 0.531. The van der Waals surface area contributed by atoms with Gasteiger partial charge in [-0.3, -0.25) is 0 Å². The van der Waals surface area contributed by atoms with E-state index in [0.717, 1.165) is 12.0 Å². The number of halogens is 1. The van der Waals surface area contributed by atoms with Crippen molar-refractivity contribution in [3.63, 3.8) is 0 Å². The fourth-order valence-electron chi connectivity index (χ4n) is 0.0738. The van der Waals surface area contributed by atoms with Crippen LogP contribution in [0.25, 0.3) is 0 Å². The molecule has 0 aliphatic carbocycles. The van der Waals surface area contributed by atoms with E-state index in [2.05, 4.69) is 10.8 Å². The molecule has 0 fully saturated rings. The average Bonchev–Trinajstić information content (AvgIpc) is 1.61. The zero-order chi connectivity index (χ0) is 4.83. The minimum Gasteiger partial charge on any atom is -0.431 e. The van der Waals surface area contributed by atoms with E-state index in [1.807, 2.05) is 0 Å². The minimum absolute atomic E-state index is 0.522. The lowest BCUT2D eigenvalue weighted by atomic mass is 11.2. The molecule has 36 valence electrons. The Hall–Kier alpha value is -0.180. The maximum absolute atomic E-state index is 11.0. The first-order valence-electron chi connectivity index (χ1n) is 1.37. The molecular weight excluding hydrogens is 103 g/mol. The molecule has 0 N–H and O–H groups in total. The van der Waals surface area contributed by atoms with Gasteiger partial charge in [0.15, 0.2) is 6.01 Å². The van der Waals surface area contributed by atoms with Crippen molar-refractivity contribution in [2.75, 3.05) is 6.01 Å². The molecule has 0 aromatic heterocycles. The summed E-state index contributed by atoms with van der Waals surface area (Å²) in [7, 11) is 0. The Balaban J connectivity index is 2.49. The molecule has 0 unspecified atom stereocenters. The van der Waals surface area contributed by atoms with Crippen LogP contribution in [-0.2, 0) is 4.18 Å². The molecule has 0 atom stereocenters. The highest BCUT2D eigenvalue weighted by Gasteiger charge is 1.74. The number of rotatable bonds is 3. The van der Waals surface area contributed by atoms with E-state index < -0.39 is 6.01 Å². The third kappa shape index (κ3) is 3.82. The molecule has 0 saturated heterocycles. The van der Waals surface area contributed by atoms with Gasteiger partial charge in [-0.05, 0) is 0 Å². The van der Waals surface area contributed by atoms with Gasteiger partial charge in [0, 0.05) is 0 Å². The van der Waals surface area contributed by atoms with Crippen LogP contribution < -0.4 is 0 Å². The standard InChI is InChI=1S/C3H5FOS/c1-2-5-6-3-4/h2H,1,3H2. The van der Waals surface area contributed by atoms with Gasteiger partial charge in [0.2, 0.25) is 0 Å². The van der Waals surface area contributed by atoms with Crippen LogP contribution in [0.2, 0.25) is 0 Å². The highest BCUT2D eigenvalue weighted by Crippen LogP contribution is 1.99. The monoisotopic (exact) mass is 108 g/mol. The Morgan fingerprint density at radius 2 is 2.67 bits per heavy atom. The summed E-state index contributed by atoms with van der Waals surface area (Å²) in [6.07, 6.45) is 1.18. The second-order valence-electron chi connectivity index (χ2n) is 0.490. The molecule has 0 aromatic rings.